The first-order valence-electron chi connectivity index (χ1n) is 7.20. The van der Waals surface area contributed by atoms with Gasteiger partial charge < -0.3 is 26.4 Å². The number of carbonyl (C=O) groups is 1. The molecule has 0 unspecified atom stereocenters. The van der Waals surface area contributed by atoms with Crippen LogP contribution in [0.25, 0.3) is 0 Å². The Morgan fingerprint density at radius 1 is 1.24 bits per heavy atom. The van der Waals surface area contributed by atoms with Crippen LogP contribution in [0, 0.1) is 0 Å². The standard InChI is InChI=1S/C15H22N2O4/c16-12(7-9-1-6-13(19)14(20)8-9)15(21)17-10-2-4-11(18)5-3-10/h1,6,8,10-12,18-20H,2-5,7,16H2,(H,17,21)/t10?,11?,12-/m0/s1. The van der Waals surface area contributed by atoms with Gasteiger partial charge in [0.2, 0.25) is 5.91 Å². The zero-order chi connectivity index (χ0) is 15.4. The topological polar surface area (TPSA) is 116 Å². The predicted octanol–water partition coefficient (Wildman–Crippen LogP) is 0.387. The van der Waals surface area contributed by atoms with Crippen LogP contribution >= 0.6 is 0 Å². The van der Waals surface area contributed by atoms with E-state index in [0.717, 1.165) is 12.8 Å². The van der Waals surface area contributed by atoms with Crippen molar-refractivity contribution in [3.63, 3.8) is 0 Å². The number of benzene rings is 1. The lowest BCUT2D eigenvalue weighted by Crippen LogP contribution is -2.47. The van der Waals surface area contributed by atoms with Gasteiger partial charge in [-0.05, 0) is 49.8 Å². The minimum atomic E-state index is -0.708. The molecule has 0 aliphatic heterocycles. The molecule has 116 valence electrons. The number of aliphatic hydroxyl groups excluding tert-OH is 1. The summed E-state index contributed by atoms with van der Waals surface area (Å²) in [5, 5.41) is 31.0. The van der Waals surface area contributed by atoms with E-state index >= 15 is 0 Å². The summed E-state index contributed by atoms with van der Waals surface area (Å²) in [6.45, 7) is 0. The Balaban J connectivity index is 1.86. The van der Waals surface area contributed by atoms with Crippen LogP contribution in [0.3, 0.4) is 0 Å². The van der Waals surface area contributed by atoms with Crippen LogP contribution in [0.2, 0.25) is 0 Å². The van der Waals surface area contributed by atoms with Crippen molar-refractivity contribution in [2.75, 3.05) is 0 Å². The molecule has 1 saturated carbocycles. The number of hydrogen-bond acceptors (Lipinski definition) is 5. The van der Waals surface area contributed by atoms with Gasteiger partial charge in [-0.2, -0.15) is 0 Å². The second kappa shape index (κ2) is 6.78. The maximum Gasteiger partial charge on any atom is 0.237 e. The van der Waals surface area contributed by atoms with Crippen molar-refractivity contribution in [3.05, 3.63) is 23.8 Å². The molecular formula is C15H22N2O4. The molecule has 0 bridgehead atoms. The molecule has 21 heavy (non-hydrogen) atoms. The number of nitrogens with one attached hydrogen (secondary N) is 1. The lowest BCUT2D eigenvalue weighted by Gasteiger charge is -2.27. The smallest absolute Gasteiger partial charge is 0.237 e. The zero-order valence-corrected chi connectivity index (χ0v) is 11.8. The third-order valence-corrected chi connectivity index (χ3v) is 3.88. The molecule has 1 aliphatic rings. The van der Waals surface area contributed by atoms with E-state index in [9.17, 15) is 20.1 Å². The predicted molar refractivity (Wildman–Crippen MR) is 77.9 cm³/mol. The highest BCUT2D eigenvalue weighted by Crippen LogP contribution is 2.25. The van der Waals surface area contributed by atoms with Crippen LogP contribution in [-0.2, 0) is 11.2 Å². The van der Waals surface area contributed by atoms with E-state index in [2.05, 4.69) is 5.32 Å². The van der Waals surface area contributed by atoms with Gasteiger partial charge in [-0.15, -0.1) is 0 Å². The molecule has 6 heteroatoms. The lowest BCUT2D eigenvalue weighted by molar-refractivity contribution is -0.123. The molecule has 1 aromatic carbocycles. The number of rotatable bonds is 4. The van der Waals surface area contributed by atoms with Crippen molar-refractivity contribution in [2.24, 2.45) is 5.73 Å². The minimum Gasteiger partial charge on any atom is -0.504 e. The van der Waals surface area contributed by atoms with Crippen LogP contribution in [0.4, 0.5) is 0 Å². The van der Waals surface area contributed by atoms with E-state index in [-0.39, 0.29) is 36.0 Å². The average molecular weight is 294 g/mol. The lowest BCUT2D eigenvalue weighted by atomic mass is 9.93. The Hall–Kier alpha value is -1.79. The number of carbonyl (C=O) groups excluding carboxylic acids is 1. The highest BCUT2D eigenvalue weighted by molar-refractivity contribution is 5.82. The van der Waals surface area contributed by atoms with Crippen LogP contribution in [0.1, 0.15) is 31.2 Å². The quantitative estimate of drug-likeness (QED) is 0.515. The summed E-state index contributed by atoms with van der Waals surface area (Å²) in [5.41, 5.74) is 6.56. The fourth-order valence-electron chi connectivity index (χ4n) is 2.57. The first kappa shape index (κ1) is 15.6. The van der Waals surface area contributed by atoms with Crippen LogP contribution in [-0.4, -0.2) is 39.4 Å². The molecule has 1 atom stereocenters. The fourth-order valence-corrected chi connectivity index (χ4v) is 2.57. The summed E-state index contributed by atoms with van der Waals surface area (Å²) in [5.74, 6) is -0.650. The summed E-state index contributed by atoms with van der Waals surface area (Å²) in [7, 11) is 0. The van der Waals surface area contributed by atoms with Crippen LogP contribution in [0.15, 0.2) is 18.2 Å². The van der Waals surface area contributed by atoms with E-state index in [0.29, 0.717) is 18.4 Å². The molecular weight excluding hydrogens is 272 g/mol. The van der Waals surface area contributed by atoms with Crippen molar-refractivity contribution in [1.82, 2.24) is 5.32 Å². The second-order valence-electron chi connectivity index (χ2n) is 5.65. The Kier molecular flexibility index (Phi) is 5.03. The van der Waals surface area contributed by atoms with Gasteiger partial charge in [0.25, 0.3) is 0 Å². The van der Waals surface area contributed by atoms with Crippen LogP contribution in [0.5, 0.6) is 11.5 Å². The molecule has 1 aliphatic carbocycles. The van der Waals surface area contributed by atoms with Gasteiger partial charge in [-0.3, -0.25) is 4.79 Å². The third kappa shape index (κ3) is 4.34. The highest BCUT2D eigenvalue weighted by Gasteiger charge is 2.23. The van der Waals surface area contributed by atoms with Crippen molar-refractivity contribution >= 4 is 5.91 Å². The Labute approximate surface area is 123 Å². The van der Waals surface area contributed by atoms with Crippen molar-refractivity contribution in [3.8, 4) is 11.5 Å². The third-order valence-electron chi connectivity index (χ3n) is 3.88. The highest BCUT2D eigenvalue weighted by atomic mass is 16.3. The monoisotopic (exact) mass is 294 g/mol. The molecule has 1 amide bonds. The van der Waals surface area contributed by atoms with Gasteiger partial charge in [0.05, 0.1) is 12.1 Å². The summed E-state index contributed by atoms with van der Waals surface area (Å²) >= 11 is 0. The maximum absolute atomic E-state index is 12.0. The largest absolute Gasteiger partial charge is 0.504 e. The minimum absolute atomic E-state index is 0.0696. The molecule has 0 heterocycles. The molecule has 0 spiro atoms. The van der Waals surface area contributed by atoms with Crippen LogP contribution < -0.4 is 11.1 Å². The molecule has 0 aromatic heterocycles. The van der Waals surface area contributed by atoms with Crippen molar-refractivity contribution in [2.45, 2.75) is 50.3 Å². The van der Waals surface area contributed by atoms with Gasteiger partial charge in [-0.1, -0.05) is 6.07 Å². The fraction of sp³-hybridized carbons (Fsp3) is 0.533. The number of phenolic OH excluding ortho intramolecular Hbond substituents is 2. The number of aliphatic hydroxyl groups is 1. The maximum atomic E-state index is 12.0. The Morgan fingerprint density at radius 3 is 2.52 bits per heavy atom. The van der Waals surface area contributed by atoms with Gasteiger partial charge in [0.1, 0.15) is 0 Å². The number of nitrogens with two attached hydrogens (primary N) is 1. The molecule has 6 N–H and O–H groups in total. The Bertz CT molecular complexity index is 498. The number of aromatic hydroxyl groups is 2. The summed E-state index contributed by atoms with van der Waals surface area (Å²) in [6.07, 6.45) is 2.96. The first-order valence-corrected chi connectivity index (χ1v) is 7.20. The van der Waals surface area contributed by atoms with E-state index in [1.165, 1.54) is 12.1 Å². The summed E-state index contributed by atoms with van der Waals surface area (Å²) in [4.78, 5) is 12.0. The number of phenols is 2. The zero-order valence-electron chi connectivity index (χ0n) is 11.8. The van der Waals surface area contributed by atoms with Crippen molar-refractivity contribution in [1.29, 1.82) is 0 Å². The number of amides is 1. The first-order chi connectivity index (χ1) is 9.95. The molecule has 6 nitrogen and oxygen atoms in total. The SMILES string of the molecule is N[C@@H](Cc1ccc(O)c(O)c1)C(=O)NC1CCC(O)CC1. The van der Waals surface area contributed by atoms with E-state index < -0.39 is 6.04 Å². The van der Waals surface area contributed by atoms with Gasteiger partial charge >= 0.3 is 0 Å². The molecule has 0 radical (unpaired) electrons. The van der Waals surface area contributed by atoms with Gasteiger partial charge in [0.15, 0.2) is 11.5 Å². The van der Waals surface area contributed by atoms with E-state index in [1.807, 2.05) is 0 Å². The van der Waals surface area contributed by atoms with Gasteiger partial charge in [-0.25, -0.2) is 0 Å². The van der Waals surface area contributed by atoms with Gasteiger partial charge in [0, 0.05) is 6.04 Å². The van der Waals surface area contributed by atoms with Crippen molar-refractivity contribution < 1.29 is 20.1 Å². The van der Waals surface area contributed by atoms with E-state index in [1.54, 1.807) is 6.07 Å². The summed E-state index contributed by atoms with van der Waals surface area (Å²) in [6, 6.07) is 3.76. The summed E-state index contributed by atoms with van der Waals surface area (Å²) < 4.78 is 0. The normalized spacial score (nSPS) is 23.5. The molecule has 0 saturated heterocycles. The molecule has 1 fully saturated rings. The average Bonchev–Trinajstić information content (AvgIpc) is 2.45. The second-order valence-corrected chi connectivity index (χ2v) is 5.65. The molecule has 2 rings (SSSR count). The van der Waals surface area contributed by atoms with E-state index in [4.69, 9.17) is 5.73 Å². The molecule has 1 aromatic rings. The Morgan fingerprint density at radius 2 is 1.90 bits per heavy atom. The number of hydrogen-bond donors (Lipinski definition) is 5.